The molecule has 0 spiro atoms. The van der Waals surface area contributed by atoms with Gasteiger partial charge >= 0.3 is 0 Å². The van der Waals surface area contributed by atoms with Crippen molar-refractivity contribution in [1.29, 1.82) is 0 Å². The lowest BCUT2D eigenvalue weighted by Gasteiger charge is -2.17. The number of benzene rings is 2. The topological polar surface area (TPSA) is 93.5 Å². The Hall–Kier alpha value is -3.33. The molecule has 1 fully saturated rings. The Labute approximate surface area is 202 Å². The third-order valence-corrected chi connectivity index (χ3v) is 6.57. The average molecular weight is 481 g/mol. The molecule has 3 aromatic rings. The summed E-state index contributed by atoms with van der Waals surface area (Å²) in [5, 5.41) is 3.91. The summed E-state index contributed by atoms with van der Waals surface area (Å²) in [7, 11) is 0. The fourth-order valence-corrected chi connectivity index (χ4v) is 4.77. The molecule has 0 bridgehead atoms. The summed E-state index contributed by atoms with van der Waals surface area (Å²) in [6.45, 7) is 4.32. The number of thioether (sulfide) groups is 1. The molecule has 0 unspecified atom stereocenters. The van der Waals surface area contributed by atoms with Crippen molar-refractivity contribution in [3.63, 3.8) is 0 Å². The predicted molar refractivity (Wildman–Crippen MR) is 133 cm³/mol. The molecule has 2 heterocycles. The maximum atomic E-state index is 13.2. The Morgan fingerprint density at radius 1 is 1.12 bits per heavy atom. The van der Waals surface area contributed by atoms with Gasteiger partial charge < -0.3 is 15.0 Å². The van der Waals surface area contributed by atoms with Crippen molar-refractivity contribution in [2.75, 3.05) is 30.8 Å². The van der Waals surface area contributed by atoms with Crippen LogP contribution in [0.1, 0.15) is 26.2 Å². The van der Waals surface area contributed by atoms with Gasteiger partial charge in [-0.3, -0.25) is 19.0 Å². The van der Waals surface area contributed by atoms with Crippen molar-refractivity contribution in [1.82, 2.24) is 14.5 Å². The van der Waals surface area contributed by atoms with Crippen LogP contribution in [0.3, 0.4) is 0 Å². The second-order valence-corrected chi connectivity index (χ2v) is 8.94. The SMILES string of the molecule is CCOc1ccc(NC(=O)CSc2nc3ccccc3c(=O)n2CCCN2CCCC2=O)cc1. The molecule has 0 radical (unpaired) electrons. The van der Waals surface area contributed by atoms with Crippen molar-refractivity contribution in [3.8, 4) is 5.75 Å². The molecule has 2 amide bonds. The van der Waals surface area contributed by atoms with Crippen molar-refractivity contribution in [2.45, 2.75) is 37.9 Å². The minimum atomic E-state index is -0.189. The number of fused-ring (bicyclic) bond motifs is 1. The number of amides is 2. The van der Waals surface area contributed by atoms with E-state index in [1.54, 1.807) is 41.0 Å². The number of hydrogen-bond donors (Lipinski definition) is 1. The van der Waals surface area contributed by atoms with Gasteiger partial charge in [0, 0.05) is 31.7 Å². The standard InChI is InChI=1S/C25H28N4O4S/c1-2-33-19-12-10-18(11-13-19)26-22(30)17-34-25-27-21-8-4-3-7-20(21)24(32)29(25)16-6-15-28-14-5-9-23(28)31/h3-4,7-8,10-13H,2,5-6,9,14-17H2,1H3,(H,26,30). The van der Waals surface area contributed by atoms with Crippen LogP contribution in [-0.2, 0) is 16.1 Å². The van der Waals surface area contributed by atoms with E-state index in [1.165, 1.54) is 11.8 Å². The minimum absolute atomic E-state index is 0.114. The van der Waals surface area contributed by atoms with Crippen LogP contribution < -0.4 is 15.6 Å². The second kappa shape index (κ2) is 11.2. The summed E-state index contributed by atoms with van der Waals surface area (Å²) in [5.41, 5.74) is 1.15. The molecule has 4 rings (SSSR count). The average Bonchev–Trinajstić information content (AvgIpc) is 3.25. The van der Waals surface area contributed by atoms with Gasteiger partial charge in [0.15, 0.2) is 5.16 Å². The molecule has 0 atom stereocenters. The minimum Gasteiger partial charge on any atom is -0.494 e. The lowest BCUT2D eigenvalue weighted by Crippen LogP contribution is -2.29. The lowest BCUT2D eigenvalue weighted by atomic mass is 10.2. The molecular weight excluding hydrogens is 452 g/mol. The van der Waals surface area contributed by atoms with Gasteiger partial charge in [0.2, 0.25) is 11.8 Å². The second-order valence-electron chi connectivity index (χ2n) is 8.00. The first kappa shape index (κ1) is 23.8. The number of carbonyl (C=O) groups is 2. The summed E-state index contributed by atoms with van der Waals surface area (Å²) in [6, 6.07) is 14.4. The molecule has 1 N–H and O–H groups in total. The van der Waals surface area contributed by atoms with Crippen LogP contribution in [0.2, 0.25) is 0 Å². The van der Waals surface area contributed by atoms with E-state index in [9.17, 15) is 14.4 Å². The van der Waals surface area contributed by atoms with Gasteiger partial charge in [-0.15, -0.1) is 0 Å². The number of ether oxygens (including phenoxy) is 1. The quantitative estimate of drug-likeness (QED) is 0.352. The summed E-state index contributed by atoms with van der Waals surface area (Å²) in [4.78, 5) is 44.1. The number of para-hydroxylation sites is 1. The van der Waals surface area contributed by atoms with Crippen LogP contribution in [0.25, 0.3) is 10.9 Å². The summed E-state index contributed by atoms with van der Waals surface area (Å²) < 4.78 is 7.04. The molecule has 2 aromatic carbocycles. The number of hydrogen-bond acceptors (Lipinski definition) is 6. The molecule has 1 aliphatic heterocycles. The predicted octanol–water partition coefficient (Wildman–Crippen LogP) is 3.54. The van der Waals surface area contributed by atoms with Gasteiger partial charge in [0.05, 0.1) is 23.3 Å². The fourth-order valence-electron chi connectivity index (χ4n) is 3.94. The number of nitrogens with zero attached hydrogens (tertiary/aromatic N) is 3. The normalized spacial score (nSPS) is 13.4. The zero-order valence-electron chi connectivity index (χ0n) is 19.2. The largest absolute Gasteiger partial charge is 0.494 e. The number of anilines is 1. The molecule has 1 aromatic heterocycles. The molecule has 9 heteroatoms. The first-order valence-corrected chi connectivity index (χ1v) is 12.5. The number of aromatic nitrogens is 2. The summed E-state index contributed by atoms with van der Waals surface area (Å²) in [6.07, 6.45) is 2.14. The monoisotopic (exact) mass is 480 g/mol. The van der Waals surface area contributed by atoms with Crippen molar-refractivity contribution in [3.05, 3.63) is 58.9 Å². The highest BCUT2D eigenvalue weighted by Crippen LogP contribution is 2.20. The van der Waals surface area contributed by atoms with Gasteiger partial charge in [0.25, 0.3) is 5.56 Å². The van der Waals surface area contributed by atoms with Crippen LogP contribution in [0.15, 0.2) is 58.5 Å². The van der Waals surface area contributed by atoms with E-state index in [4.69, 9.17) is 4.74 Å². The van der Waals surface area contributed by atoms with Crippen LogP contribution in [-0.4, -0.2) is 51.7 Å². The van der Waals surface area contributed by atoms with Crippen molar-refractivity contribution >= 4 is 40.2 Å². The zero-order chi connectivity index (χ0) is 23.9. The highest BCUT2D eigenvalue weighted by molar-refractivity contribution is 7.99. The molecule has 1 saturated heterocycles. The third kappa shape index (κ3) is 5.77. The van der Waals surface area contributed by atoms with Gasteiger partial charge in [-0.25, -0.2) is 4.98 Å². The van der Waals surface area contributed by atoms with Gasteiger partial charge in [-0.1, -0.05) is 23.9 Å². The van der Waals surface area contributed by atoms with Crippen LogP contribution >= 0.6 is 11.8 Å². The molecule has 0 saturated carbocycles. The number of carbonyl (C=O) groups excluding carboxylic acids is 2. The van der Waals surface area contributed by atoms with Gasteiger partial charge in [-0.05, 0) is 56.2 Å². The van der Waals surface area contributed by atoms with E-state index in [2.05, 4.69) is 10.3 Å². The Bertz CT molecular complexity index is 1230. The smallest absolute Gasteiger partial charge is 0.262 e. The van der Waals surface area contributed by atoms with Crippen LogP contribution in [0, 0.1) is 0 Å². The van der Waals surface area contributed by atoms with Gasteiger partial charge in [-0.2, -0.15) is 0 Å². The highest BCUT2D eigenvalue weighted by atomic mass is 32.2. The Balaban J connectivity index is 1.45. The Morgan fingerprint density at radius 2 is 1.91 bits per heavy atom. The maximum absolute atomic E-state index is 13.2. The van der Waals surface area contributed by atoms with E-state index in [1.807, 2.05) is 24.0 Å². The number of likely N-dealkylation sites (tertiary alicyclic amines) is 1. The van der Waals surface area contributed by atoms with Crippen molar-refractivity contribution in [2.24, 2.45) is 0 Å². The summed E-state index contributed by atoms with van der Waals surface area (Å²) in [5.74, 6) is 0.841. The van der Waals surface area contributed by atoms with Crippen molar-refractivity contribution < 1.29 is 14.3 Å². The van der Waals surface area contributed by atoms with E-state index in [-0.39, 0.29) is 23.1 Å². The Morgan fingerprint density at radius 3 is 2.65 bits per heavy atom. The van der Waals surface area contributed by atoms with E-state index in [0.717, 1.165) is 18.7 Å². The lowest BCUT2D eigenvalue weighted by molar-refractivity contribution is -0.127. The molecule has 178 valence electrons. The van der Waals surface area contributed by atoms with Crippen LogP contribution in [0.5, 0.6) is 5.75 Å². The number of nitrogens with one attached hydrogen (secondary N) is 1. The number of rotatable bonds is 10. The molecule has 34 heavy (non-hydrogen) atoms. The molecular formula is C25H28N4O4S. The maximum Gasteiger partial charge on any atom is 0.262 e. The Kier molecular flexibility index (Phi) is 7.84. The fraction of sp³-hybridized carbons (Fsp3) is 0.360. The molecule has 0 aliphatic carbocycles. The third-order valence-electron chi connectivity index (χ3n) is 5.59. The van der Waals surface area contributed by atoms with E-state index < -0.39 is 0 Å². The summed E-state index contributed by atoms with van der Waals surface area (Å²) >= 11 is 1.23. The molecule has 8 nitrogen and oxygen atoms in total. The van der Waals surface area contributed by atoms with Gasteiger partial charge in [0.1, 0.15) is 5.75 Å². The first-order chi connectivity index (χ1) is 16.5. The highest BCUT2D eigenvalue weighted by Gasteiger charge is 2.20. The van der Waals surface area contributed by atoms with E-state index in [0.29, 0.717) is 54.3 Å². The van der Waals surface area contributed by atoms with Crippen LogP contribution in [0.4, 0.5) is 5.69 Å². The molecule has 1 aliphatic rings. The first-order valence-electron chi connectivity index (χ1n) is 11.5. The zero-order valence-corrected chi connectivity index (χ0v) is 20.0. The van der Waals surface area contributed by atoms with E-state index >= 15 is 0 Å².